The molecule has 1 aliphatic heterocycles. The zero-order valence-corrected chi connectivity index (χ0v) is 14.9. The molecule has 1 fully saturated rings. The fourth-order valence-electron chi connectivity index (χ4n) is 2.05. The Balaban J connectivity index is 1.82. The minimum Gasteiger partial charge on any atom is -0.379 e. The van der Waals surface area contributed by atoms with Crippen LogP contribution in [0, 0.1) is 0 Å². The van der Waals surface area contributed by atoms with Gasteiger partial charge in [0.25, 0.3) is 5.91 Å². The van der Waals surface area contributed by atoms with Gasteiger partial charge in [0, 0.05) is 26.2 Å². The molecule has 1 aromatic heterocycles. The first kappa shape index (κ1) is 18.3. The number of alkyl halides is 3. The van der Waals surface area contributed by atoms with Gasteiger partial charge in [-0.05, 0) is 11.4 Å². The number of carbonyl (C=O) groups is 1. The fraction of sp³-hybridized carbons (Fsp3) is 0.615. The number of rotatable bonds is 6. The average molecular weight is 387 g/mol. The van der Waals surface area contributed by atoms with Gasteiger partial charge in [-0.3, -0.25) is 15.0 Å². The molecule has 0 spiro atoms. The van der Waals surface area contributed by atoms with Gasteiger partial charge in [0.15, 0.2) is 0 Å². The van der Waals surface area contributed by atoms with Crippen molar-refractivity contribution in [2.45, 2.75) is 9.96 Å². The van der Waals surface area contributed by atoms with Crippen molar-refractivity contribution in [2.75, 3.05) is 39.4 Å². The maximum Gasteiger partial charge on any atom is 0.262 e. The topological polar surface area (TPSA) is 53.6 Å². The molecular formula is C13H18Cl3N3O2S. The second-order valence-electron chi connectivity index (χ2n) is 4.83. The molecule has 1 saturated heterocycles. The summed E-state index contributed by atoms with van der Waals surface area (Å²) >= 11 is 19.2. The van der Waals surface area contributed by atoms with Gasteiger partial charge < -0.3 is 10.1 Å². The van der Waals surface area contributed by atoms with Gasteiger partial charge in [-0.2, -0.15) is 0 Å². The van der Waals surface area contributed by atoms with Crippen LogP contribution in [0.15, 0.2) is 17.5 Å². The van der Waals surface area contributed by atoms with E-state index in [0.29, 0.717) is 11.4 Å². The van der Waals surface area contributed by atoms with Crippen LogP contribution in [0.5, 0.6) is 0 Å². The lowest BCUT2D eigenvalue weighted by molar-refractivity contribution is 0.0380. The Morgan fingerprint density at radius 2 is 2.14 bits per heavy atom. The number of halogens is 3. The Morgan fingerprint density at radius 3 is 2.73 bits per heavy atom. The maximum atomic E-state index is 12.1. The van der Waals surface area contributed by atoms with Crippen molar-refractivity contribution in [2.24, 2.45) is 0 Å². The summed E-state index contributed by atoms with van der Waals surface area (Å²) in [5.41, 5.74) is 0. The van der Waals surface area contributed by atoms with Crippen molar-refractivity contribution in [3.8, 4) is 0 Å². The molecule has 2 heterocycles. The lowest BCUT2D eigenvalue weighted by Gasteiger charge is -2.30. The van der Waals surface area contributed by atoms with Crippen LogP contribution in [-0.4, -0.2) is 60.2 Å². The zero-order valence-electron chi connectivity index (χ0n) is 11.9. The van der Waals surface area contributed by atoms with Crippen molar-refractivity contribution in [1.82, 2.24) is 15.5 Å². The molecule has 2 N–H and O–H groups in total. The van der Waals surface area contributed by atoms with E-state index in [2.05, 4.69) is 15.5 Å². The van der Waals surface area contributed by atoms with E-state index in [1.54, 1.807) is 12.1 Å². The SMILES string of the molecule is O=C(N[C@@H](NCCN1CCOCC1)C(Cl)(Cl)Cl)c1cccs1. The summed E-state index contributed by atoms with van der Waals surface area (Å²) in [5, 5.41) is 7.64. The van der Waals surface area contributed by atoms with Gasteiger partial charge in [-0.15, -0.1) is 11.3 Å². The Labute approximate surface area is 148 Å². The average Bonchev–Trinajstić information content (AvgIpc) is 3.00. The number of hydrogen-bond donors (Lipinski definition) is 2. The summed E-state index contributed by atoms with van der Waals surface area (Å²) in [6.07, 6.45) is -0.756. The first-order valence-corrected chi connectivity index (χ1v) is 8.93. The molecule has 0 aliphatic carbocycles. The van der Waals surface area contributed by atoms with Crippen LogP contribution in [0.2, 0.25) is 0 Å². The van der Waals surface area contributed by atoms with E-state index in [-0.39, 0.29) is 5.91 Å². The van der Waals surface area contributed by atoms with Gasteiger partial charge >= 0.3 is 0 Å². The number of morpholine rings is 1. The van der Waals surface area contributed by atoms with Crippen LogP contribution in [0.25, 0.3) is 0 Å². The highest BCUT2D eigenvalue weighted by Gasteiger charge is 2.34. The molecule has 22 heavy (non-hydrogen) atoms. The molecule has 1 aromatic rings. The quantitative estimate of drug-likeness (QED) is 0.581. The lowest BCUT2D eigenvalue weighted by Crippen LogP contribution is -2.55. The van der Waals surface area contributed by atoms with Crippen LogP contribution in [0.3, 0.4) is 0 Å². The number of amides is 1. The molecule has 1 amide bonds. The molecule has 0 radical (unpaired) electrons. The van der Waals surface area contributed by atoms with Crippen LogP contribution >= 0.6 is 46.1 Å². The Kier molecular flexibility index (Phi) is 7.21. The second-order valence-corrected chi connectivity index (χ2v) is 8.15. The Morgan fingerprint density at radius 1 is 1.41 bits per heavy atom. The van der Waals surface area contributed by atoms with E-state index in [1.807, 2.05) is 5.38 Å². The van der Waals surface area contributed by atoms with Gasteiger partial charge in [0.2, 0.25) is 3.79 Å². The third-order valence-corrected chi connectivity index (χ3v) is 4.75. The predicted octanol–water partition coefficient (Wildman–Crippen LogP) is 2.10. The van der Waals surface area contributed by atoms with Gasteiger partial charge in [-0.1, -0.05) is 40.9 Å². The summed E-state index contributed by atoms with van der Waals surface area (Å²) in [7, 11) is 0. The summed E-state index contributed by atoms with van der Waals surface area (Å²) in [6, 6.07) is 3.53. The number of thiophene rings is 1. The second kappa shape index (κ2) is 8.68. The predicted molar refractivity (Wildman–Crippen MR) is 91.1 cm³/mol. The third kappa shape index (κ3) is 5.85. The van der Waals surface area contributed by atoms with Gasteiger partial charge in [-0.25, -0.2) is 0 Å². The molecular weight excluding hydrogens is 369 g/mol. The van der Waals surface area contributed by atoms with Crippen LogP contribution < -0.4 is 10.6 Å². The Hall–Kier alpha value is -0.0800. The highest BCUT2D eigenvalue weighted by Crippen LogP contribution is 2.29. The van der Waals surface area contributed by atoms with Crippen molar-refractivity contribution in [3.63, 3.8) is 0 Å². The largest absolute Gasteiger partial charge is 0.379 e. The van der Waals surface area contributed by atoms with Crippen LogP contribution in [0.4, 0.5) is 0 Å². The van der Waals surface area contributed by atoms with Crippen molar-refractivity contribution in [1.29, 1.82) is 0 Å². The van der Waals surface area contributed by atoms with Gasteiger partial charge in [0.05, 0.1) is 18.1 Å². The molecule has 5 nitrogen and oxygen atoms in total. The normalized spacial score (nSPS) is 18.1. The van der Waals surface area contributed by atoms with Crippen molar-refractivity contribution >= 4 is 52.0 Å². The molecule has 0 aromatic carbocycles. The minimum atomic E-state index is -1.63. The molecule has 0 unspecified atom stereocenters. The minimum absolute atomic E-state index is 0.259. The smallest absolute Gasteiger partial charge is 0.262 e. The number of carbonyl (C=O) groups excluding carboxylic acids is 1. The lowest BCUT2D eigenvalue weighted by atomic mass is 10.4. The number of nitrogens with zero attached hydrogens (tertiary/aromatic N) is 1. The van der Waals surface area contributed by atoms with E-state index < -0.39 is 9.96 Å². The molecule has 1 aliphatic rings. The Bertz CT molecular complexity index is 462. The molecule has 1 atom stereocenters. The number of ether oxygens (including phenoxy) is 1. The summed E-state index contributed by atoms with van der Waals surface area (Å²) in [5.74, 6) is -0.259. The third-order valence-electron chi connectivity index (χ3n) is 3.23. The highest BCUT2D eigenvalue weighted by atomic mass is 35.6. The van der Waals surface area contributed by atoms with Crippen LogP contribution in [0.1, 0.15) is 9.67 Å². The number of nitrogens with one attached hydrogen (secondary N) is 2. The molecule has 2 rings (SSSR count). The van der Waals surface area contributed by atoms with Crippen molar-refractivity contribution in [3.05, 3.63) is 22.4 Å². The summed E-state index contributed by atoms with van der Waals surface area (Å²) in [6.45, 7) is 4.66. The standard InChI is InChI=1S/C13H18Cl3N3O2S/c14-13(15,16)12(18-11(20)10-2-1-9-22-10)17-3-4-19-5-7-21-8-6-19/h1-2,9,12,17H,3-8H2,(H,18,20)/t12-/m1/s1. The van der Waals surface area contributed by atoms with Crippen LogP contribution in [-0.2, 0) is 4.74 Å². The van der Waals surface area contributed by atoms with Crippen molar-refractivity contribution < 1.29 is 9.53 Å². The van der Waals surface area contributed by atoms with E-state index >= 15 is 0 Å². The summed E-state index contributed by atoms with van der Waals surface area (Å²) < 4.78 is 3.67. The molecule has 124 valence electrons. The fourth-order valence-corrected chi connectivity index (χ4v) is 3.07. The van der Waals surface area contributed by atoms with Gasteiger partial charge in [0.1, 0.15) is 6.17 Å². The first-order chi connectivity index (χ1) is 10.5. The van der Waals surface area contributed by atoms with E-state index in [4.69, 9.17) is 39.5 Å². The number of hydrogen-bond acceptors (Lipinski definition) is 5. The first-order valence-electron chi connectivity index (χ1n) is 6.91. The molecule has 9 heteroatoms. The maximum absolute atomic E-state index is 12.1. The molecule has 0 saturated carbocycles. The molecule has 0 bridgehead atoms. The highest BCUT2D eigenvalue weighted by molar-refractivity contribution is 7.12. The monoisotopic (exact) mass is 385 g/mol. The summed E-state index contributed by atoms with van der Waals surface area (Å²) in [4.78, 5) is 14.9. The van der Waals surface area contributed by atoms with E-state index in [0.717, 1.165) is 32.8 Å². The van der Waals surface area contributed by atoms with E-state index in [9.17, 15) is 4.79 Å². The van der Waals surface area contributed by atoms with E-state index in [1.165, 1.54) is 11.3 Å². The zero-order chi connectivity index (χ0) is 16.0.